The van der Waals surface area contributed by atoms with E-state index in [-0.39, 0.29) is 48.0 Å². The number of carbonyl (C=O) groups is 2. The number of hydrogen-bond acceptors (Lipinski definition) is 8. The molecule has 0 radical (unpaired) electrons. The number of benzene rings is 1. The summed E-state index contributed by atoms with van der Waals surface area (Å²) in [4.78, 5) is 29.4. The van der Waals surface area contributed by atoms with Gasteiger partial charge in [-0.25, -0.2) is 4.98 Å². The van der Waals surface area contributed by atoms with E-state index in [0.717, 1.165) is 5.56 Å². The average molecular weight is 439 g/mol. The van der Waals surface area contributed by atoms with Gasteiger partial charge in [-0.1, -0.05) is 42.1 Å². The number of aromatic amines is 1. The molecule has 2 fully saturated rings. The number of carbonyl (C=O) groups excluding carboxylic acids is 2. The normalized spacial score (nSPS) is 29.4. The second-order valence-electron chi connectivity index (χ2n) is 7.13. The van der Waals surface area contributed by atoms with Crippen LogP contribution in [-0.4, -0.2) is 44.5 Å². The number of hydrogen-bond donors (Lipinski definition) is 2. The molecule has 0 amide bonds. The van der Waals surface area contributed by atoms with E-state index in [1.165, 1.54) is 18.1 Å². The van der Waals surface area contributed by atoms with Crippen LogP contribution >= 0.6 is 24.2 Å². The van der Waals surface area contributed by atoms with Gasteiger partial charge in [-0.3, -0.25) is 14.7 Å². The van der Waals surface area contributed by atoms with Crippen molar-refractivity contribution < 1.29 is 19.1 Å². The number of thioether (sulfide) groups is 1. The standard InChI is InChI=1S/C19H22N4O4S.ClH/c1-2-26-16(24)14-13-12(28-18-21-10-22-23-18)8-19(20,15(13)14)17(25)27-9-11-6-4-3-5-7-11;/h3-7,10,12-15H,2,8-9,20H2,1H3,(H,21,22,23);1H/t12-,13-,14-,15-,19-;/m0./s1. The second-order valence-corrected chi connectivity index (χ2v) is 8.36. The summed E-state index contributed by atoms with van der Waals surface area (Å²) in [6.07, 6.45) is 1.84. The highest BCUT2D eigenvalue weighted by atomic mass is 35.5. The van der Waals surface area contributed by atoms with Gasteiger partial charge in [-0.15, -0.1) is 12.4 Å². The van der Waals surface area contributed by atoms with Crippen molar-refractivity contribution in [2.24, 2.45) is 23.5 Å². The number of fused-ring (bicyclic) bond motifs is 1. The Morgan fingerprint density at radius 1 is 1.31 bits per heavy atom. The maximum absolute atomic E-state index is 12.9. The number of H-pyrrole nitrogens is 1. The van der Waals surface area contributed by atoms with Gasteiger partial charge in [0.05, 0.1) is 12.5 Å². The third-order valence-corrected chi connectivity index (χ3v) is 6.65. The minimum absolute atomic E-state index is 0. The van der Waals surface area contributed by atoms with Crippen LogP contribution in [0.4, 0.5) is 0 Å². The van der Waals surface area contributed by atoms with E-state index in [0.29, 0.717) is 18.2 Å². The van der Waals surface area contributed by atoms with Gasteiger partial charge in [-0.2, -0.15) is 5.10 Å². The molecule has 156 valence electrons. The summed E-state index contributed by atoms with van der Waals surface area (Å²) in [6.45, 7) is 2.21. The molecule has 0 unspecified atom stereocenters. The lowest BCUT2D eigenvalue weighted by Gasteiger charge is -2.27. The Hall–Kier alpha value is -2.10. The smallest absolute Gasteiger partial charge is 0.326 e. The Balaban J connectivity index is 0.00000240. The van der Waals surface area contributed by atoms with Gasteiger partial charge >= 0.3 is 11.9 Å². The Bertz CT molecular complexity index is 853. The van der Waals surface area contributed by atoms with Crippen LogP contribution in [0, 0.1) is 17.8 Å². The molecule has 1 heterocycles. The lowest BCUT2D eigenvalue weighted by atomic mass is 9.91. The summed E-state index contributed by atoms with van der Waals surface area (Å²) in [5.74, 6) is -1.48. The van der Waals surface area contributed by atoms with Gasteiger partial charge in [0.25, 0.3) is 0 Å². The average Bonchev–Trinajstić information content (AvgIpc) is 3.13. The number of ether oxygens (including phenoxy) is 2. The van der Waals surface area contributed by atoms with Gasteiger partial charge in [0.2, 0.25) is 0 Å². The van der Waals surface area contributed by atoms with E-state index in [9.17, 15) is 9.59 Å². The van der Waals surface area contributed by atoms with E-state index < -0.39 is 11.5 Å². The number of esters is 2. The summed E-state index contributed by atoms with van der Waals surface area (Å²) in [5, 5.41) is 7.25. The van der Waals surface area contributed by atoms with Crippen molar-refractivity contribution in [2.75, 3.05) is 6.61 Å². The summed E-state index contributed by atoms with van der Waals surface area (Å²) in [5.41, 5.74) is 6.23. The van der Waals surface area contributed by atoms with Gasteiger partial charge in [0, 0.05) is 11.2 Å². The first-order valence-electron chi connectivity index (χ1n) is 9.23. The van der Waals surface area contributed by atoms with Crippen molar-refractivity contribution in [1.82, 2.24) is 15.2 Å². The van der Waals surface area contributed by atoms with E-state index in [1.54, 1.807) is 6.92 Å². The summed E-state index contributed by atoms with van der Waals surface area (Å²) >= 11 is 1.46. The fourth-order valence-electron chi connectivity index (χ4n) is 4.20. The second kappa shape index (κ2) is 8.73. The third kappa shape index (κ3) is 4.12. The number of nitrogens with two attached hydrogens (primary N) is 1. The van der Waals surface area contributed by atoms with Crippen LogP contribution in [0.2, 0.25) is 0 Å². The minimum Gasteiger partial charge on any atom is -0.466 e. The molecule has 1 aromatic heterocycles. The molecule has 5 atom stereocenters. The van der Waals surface area contributed by atoms with Crippen LogP contribution in [0.5, 0.6) is 0 Å². The molecule has 2 aliphatic carbocycles. The van der Waals surface area contributed by atoms with Gasteiger partial charge in [0.15, 0.2) is 5.16 Å². The molecule has 3 N–H and O–H groups in total. The van der Waals surface area contributed by atoms with Gasteiger partial charge in [-0.05, 0) is 24.8 Å². The number of aromatic nitrogens is 3. The van der Waals surface area contributed by atoms with Crippen LogP contribution in [0.15, 0.2) is 41.8 Å². The van der Waals surface area contributed by atoms with E-state index in [4.69, 9.17) is 15.2 Å². The van der Waals surface area contributed by atoms with Crippen LogP contribution < -0.4 is 5.73 Å². The Labute approximate surface area is 178 Å². The molecule has 10 heteroatoms. The number of nitrogens with zero attached hydrogens (tertiary/aromatic N) is 2. The number of halogens is 1. The summed E-state index contributed by atoms with van der Waals surface area (Å²) < 4.78 is 10.7. The van der Waals surface area contributed by atoms with Crippen LogP contribution in [0.25, 0.3) is 0 Å². The number of nitrogens with one attached hydrogen (secondary N) is 1. The van der Waals surface area contributed by atoms with Crippen molar-refractivity contribution >= 4 is 36.1 Å². The minimum atomic E-state index is -1.21. The highest BCUT2D eigenvalue weighted by Gasteiger charge is 2.74. The highest BCUT2D eigenvalue weighted by Crippen LogP contribution is 2.65. The highest BCUT2D eigenvalue weighted by molar-refractivity contribution is 7.99. The predicted molar refractivity (Wildman–Crippen MR) is 108 cm³/mol. The van der Waals surface area contributed by atoms with Gasteiger partial charge < -0.3 is 15.2 Å². The first kappa shape index (κ1) is 21.6. The topological polar surface area (TPSA) is 120 Å². The molecular weight excluding hydrogens is 416 g/mol. The zero-order valence-electron chi connectivity index (χ0n) is 15.8. The molecule has 8 nitrogen and oxygen atoms in total. The van der Waals surface area contributed by atoms with Crippen molar-refractivity contribution in [3.63, 3.8) is 0 Å². The first-order chi connectivity index (χ1) is 13.5. The SMILES string of the molecule is CCOC(=O)[C@H]1[C@H]2[C@@H]1[C@](N)(C(=O)OCc1ccccc1)C[C@@H]2Sc1ncn[nH]1.Cl. The van der Waals surface area contributed by atoms with Crippen LogP contribution in [0.3, 0.4) is 0 Å². The third-order valence-electron chi connectivity index (χ3n) is 5.45. The predicted octanol–water partition coefficient (Wildman–Crippen LogP) is 1.96. The maximum atomic E-state index is 12.9. The molecule has 0 bridgehead atoms. The fourth-order valence-corrected chi connectivity index (χ4v) is 5.55. The van der Waals surface area contributed by atoms with Crippen LogP contribution in [0.1, 0.15) is 18.9 Å². The van der Waals surface area contributed by atoms with E-state index in [2.05, 4.69) is 15.2 Å². The molecule has 0 spiro atoms. The molecule has 2 aliphatic rings. The first-order valence-corrected chi connectivity index (χ1v) is 10.1. The molecule has 0 aliphatic heterocycles. The van der Waals surface area contributed by atoms with Crippen molar-refractivity contribution in [1.29, 1.82) is 0 Å². The van der Waals surface area contributed by atoms with Crippen molar-refractivity contribution in [3.05, 3.63) is 42.2 Å². The zero-order valence-corrected chi connectivity index (χ0v) is 17.4. The lowest BCUT2D eigenvalue weighted by Crippen LogP contribution is -2.51. The Morgan fingerprint density at radius 3 is 2.72 bits per heavy atom. The van der Waals surface area contributed by atoms with Crippen LogP contribution in [-0.2, 0) is 25.7 Å². The molecular formula is C19H23ClN4O4S. The molecule has 2 saturated carbocycles. The quantitative estimate of drug-likeness (QED) is 0.629. The summed E-state index contributed by atoms with van der Waals surface area (Å²) in [6, 6.07) is 9.43. The molecule has 29 heavy (non-hydrogen) atoms. The fraction of sp³-hybridized carbons (Fsp3) is 0.474. The van der Waals surface area contributed by atoms with Gasteiger partial charge in [0.1, 0.15) is 18.5 Å². The largest absolute Gasteiger partial charge is 0.466 e. The summed E-state index contributed by atoms with van der Waals surface area (Å²) in [7, 11) is 0. The maximum Gasteiger partial charge on any atom is 0.326 e. The number of rotatable bonds is 7. The Morgan fingerprint density at radius 2 is 2.07 bits per heavy atom. The monoisotopic (exact) mass is 438 g/mol. The van der Waals surface area contributed by atoms with E-state index in [1.807, 2.05) is 30.3 Å². The van der Waals surface area contributed by atoms with Crippen molar-refractivity contribution in [3.8, 4) is 0 Å². The van der Waals surface area contributed by atoms with E-state index >= 15 is 0 Å². The molecule has 1 aromatic carbocycles. The molecule has 4 rings (SSSR count). The van der Waals surface area contributed by atoms with Crippen molar-refractivity contribution in [2.45, 2.75) is 35.9 Å². The molecule has 2 aromatic rings. The zero-order chi connectivity index (χ0) is 19.7. The molecule has 0 saturated heterocycles. The lowest BCUT2D eigenvalue weighted by molar-refractivity contribution is -0.153. The Kier molecular flexibility index (Phi) is 6.50.